The number of carbonyl (C=O) groups is 2. The largest absolute Gasteiger partial charge is 0.294 e. The van der Waals surface area contributed by atoms with Gasteiger partial charge in [0.05, 0.1) is 4.90 Å². The van der Waals surface area contributed by atoms with Gasteiger partial charge in [-0.05, 0) is 29.8 Å². The van der Waals surface area contributed by atoms with Crippen LogP contribution in [0.4, 0.5) is 0 Å². The van der Waals surface area contributed by atoms with Crippen LogP contribution in [0, 0.1) is 0 Å². The summed E-state index contributed by atoms with van der Waals surface area (Å²) in [4.78, 5) is 22.1. The number of hydrogen-bond donors (Lipinski definition) is 1. The molecule has 0 radical (unpaired) electrons. The fraction of sp³-hybridized carbons (Fsp3) is 0. The van der Waals surface area contributed by atoms with Crippen LogP contribution in [0.1, 0.15) is 15.9 Å². The van der Waals surface area contributed by atoms with E-state index in [4.69, 9.17) is 4.55 Å². The molecule has 0 fully saturated rings. The van der Waals surface area contributed by atoms with Gasteiger partial charge in [0.1, 0.15) is 0 Å². The predicted octanol–water partition coefficient (Wildman–Crippen LogP) is 0.712. The zero-order valence-electron chi connectivity index (χ0n) is 7.88. The Bertz CT molecular complexity index is 625. The summed E-state index contributed by atoms with van der Waals surface area (Å²) in [7, 11) is -4.30. The number of hydrogen-bond acceptors (Lipinski definition) is 4. The van der Waals surface area contributed by atoms with Crippen LogP contribution in [-0.2, 0) is 14.9 Å². The van der Waals surface area contributed by atoms with Crippen molar-refractivity contribution >= 4 is 27.8 Å². The highest BCUT2D eigenvalue weighted by atomic mass is 32.2. The SMILES string of the molecule is O=C1C=Cc2cc(S(=O)(=O)O)ccc2C1=O. The van der Waals surface area contributed by atoms with E-state index in [0.717, 1.165) is 18.2 Å². The van der Waals surface area contributed by atoms with Crippen molar-refractivity contribution in [3.8, 4) is 0 Å². The Hall–Kier alpha value is -1.79. The van der Waals surface area contributed by atoms with E-state index < -0.39 is 21.7 Å². The van der Waals surface area contributed by atoms with E-state index in [1.807, 2.05) is 0 Å². The van der Waals surface area contributed by atoms with E-state index in [1.165, 1.54) is 12.1 Å². The first-order valence-electron chi connectivity index (χ1n) is 4.28. The van der Waals surface area contributed by atoms with Gasteiger partial charge in [-0.2, -0.15) is 8.42 Å². The van der Waals surface area contributed by atoms with Crippen LogP contribution in [0.5, 0.6) is 0 Å². The third kappa shape index (κ3) is 1.68. The van der Waals surface area contributed by atoms with Crippen LogP contribution in [0.3, 0.4) is 0 Å². The second-order valence-electron chi connectivity index (χ2n) is 3.25. The lowest BCUT2D eigenvalue weighted by Crippen LogP contribution is -2.16. The maximum Gasteiger partial charge on any atom is 0.294 e. The van der Waals surface area contributed by atoms with Crippen molar-refractivity contribution in [1.82, 2.24) is 0 Å². The predicted molar refractivity (Wildman–Crippen MR) is 54.6 cm³/mol. The lowest BCUT2D eigenvalue weighted by molar-refractivity contribution is -0.110. The van der Waals surface area contributed by atoms with Crippen molar-refractivity contribution in [3.05, 3.63) is 35.4 Å². The average Bonchev–Trinajstić information content (AvgIpc) is 2.22. The maximum absolute atomic E-state index is 11.4. The normalized spacial score (nSPS) is 15.1. The first-order chi connectivity index (χ1) is 7.39. The quantitative estimate of drug-likeness (QED) is 0.575. The van der Waals surface area contributed by atoms with Crippen LogP contribution in [0.2, 0.25) is 0 Å². The van der Waals surface area contributed by atoms with Gasteiger partial charge in [0.2, 0.25) is 11.6 Å². The van der Waals surface area contributed by atoms with E-state index in [-0.39, 0.29) is 10.5 Å². The molecular formula is C10H6O5S. The molecule has 0 heterocycles. The zero-order valence-corrected chi connectivity index (χ0v) is 8.69. The fourth-order valence-corrected chi connectivity index (χ4v) is 1.94. The lowest BCUT2D eigenvalue weighted by Gasteiger charge is -2.08. The third-order valence-corrected chi connectivity index (χ3v) is 3.05. The molecular weight excluding hydrogens is 232 g/mol. The van der Waals surface area contributed by atoms with E-state index in [0.29, 0.717) is 5.56 Å². The van der Waals surface area contributed by atoms with Gasteiger partial charge in [0.15, 0.2) is 0 Å². The molecule has 1 N–H and O–H groups in total. The molecule has 1 aromatic carbocycles. The Kier molecular flexibility index (Phi) is 2.25. The van der Waals surface area contributed by atoms with Crippen LogP contribution in [0.15, 0.2) is 29.2 Å². The summed E-state index contributed by atoms with van der Waals surface area (Å²) in [5, 5.41) is 0. The van der Waals surface area contributed by atoms with Crippen LogP contribution < -0.4 is 0 Å². The summed E-state index contributed by atoms with van der Waals surface area (Å²) in [6, 6.07) is 3.44. The van der Waals surface area contributed by atoms with E-state index in [1.54, 1.807) is 0 Å². The van der Waals surface area contributed by atoms with Crippen LogP contribution in [0.25, 0.3) is 6.08 Å². The molecule has 0 bridgehead atoms. The van der Waals surface area contributed by atoms with E-state index in [9.17, 15) is 18.0 Å². The summed E-state index contributed by atoms with van der Waals surface area (Å²) in [5.74, 6) is -1.33. The van der Waals surface area contributed by atoms with Gasteiger partial charge in [-0.1, -0.05) is 6.08 Å². The third-order valence-electron chi connectivity index (χ3n) is 2.20. The topological polar surface area (TPSA) is 88.5 Å². The Labute approximate surface area is 91.1 Å². The van der Waals surface area contributed by atoms with Gasteiger partial charge in [-0.15, -0.1) is 0 Å². The number of carbonyl (C=O) groups excluding carboxylic acids is 2. The van der Waals surface area contributed by atoms with Gasteiger partial charge >= 0.3 is 0 Å². The van der Waals surface area contributed by atoms with Crippen LogP contribution >= 0.6 is 0 Å². The molecule has 2 rings (SSSR count). The van der Waals surface area contributed by atoms with E-state index >= 15 is 0 Å². The number of fused-ring (bicyclic) bond motifs is 1. The Morgan fingerprint density at radius 2 is 1.75 bits per heavy atom. The minimum absolute atomic E-state index is 0.139. The van der Waals surface area contributed by atoms with Crippen molar-refractivity contribution in [2.24, 2.45) is 0 Å². The molecule has 0 atom stereocenters. The number of allylic oxidation sites excluding steroid dienone is 1. The molecule has 0 spiro atoms. The fourth-order valence-electron chi connectivity index (χ4n) is 1.42. The molecule has 0 aliphatic heterocycles. The number of rotatable bonds is 1. The number of benzene rings is 1. The highest BCUT2D eigenvalue weighted by Crippen LogP contribution is 2.21. The highest BCUT2D eigenvalue weighted by molar-refractivity contribution is 7.85. The molecule has 0 aromatic heterocycles. The molecule has 16 heavy (non-hydrogen) atoms. The smallest absolute Gasteiger partial charge is 0.286 e. The van der Waals surface area contributed by atoms with Gasteiger partial charge in [-0.3, -0.25) is 14.1 Å². The molecule has 6 heteroatoms. The Morgan fingerprint density at radius 1 is 1.06 bits per heavy atom. The first-order valence-corrected chi connectivity index (χ1v) is 5.72. The molecule has 1 aromatic rings. The summed E-state index contributed by atoms with van der Waals surface area (Å²) in [6.07, 6.45) is 2.41. The molecule has 0 saturated carbocycles. The van der Waals surface area contributed by atoms with Gasteiger partial charge < -0.3 is 0 Å². The second-order valence-corrected chi connectivity index (χ2v) is 4.67. The Balaban J connectivity index is 2.65. The van der Waals surface area contributed by atoms with Crippen molar-refractivity contribution in [3.63, 3.8) is 0 Å². The summed E-state index contributed by atoms with van der Waals surface area (Å²) in [6.45, 7) is 0. The average molecular weight is 238 g/mol. The summed E-state index contributed by atoms with van der Waals surface area (Å²) < 4.78 is 30.5. The number of Topliss-reactive ketones (excluding diaryl/α,β-unsaturated/α-hetero) is 1. The minimum Gasteiger partial charge on any atom is -0.286 e. The van der Waals surface area contributed by atoms with Crippen LogP contribution in [-0.4, -0.2) is 24.5 Å². The number of ketones is 2. The minimum atomic E-state index is -4.30. The van der Waals surface area contributed by atoms with Gasteiger partial charge in [0, 0.05) is 5.56 Å². The molecule has 5 nitrogen and oxygen atoms in total. The molecule has 0 unspecified atom stereocenters. The first kappa shape index (κ1) is 10.7. The molecule has 82 valence electrons. The summed E-state index contributed by atoms with van der Waals surface area (Å²) in [5.41, 5.74) is 0.444. The van der Waals surface area contributed by atoms with Crippen molar-refractivity contribution in [1.29, 1.82) is 0 Å². The molecule has 0 amide bonds. The summed E-state index contributed by atoms with van der Waals surface area (Å²) >= 11 is 0. The maximum atomic E-state index is 11.4. The standard InChI is InChI=1S/C10H6O5S/c11-9-4-1-6-5-7(16(13,14)15)2-3-8(6)10(9)12/h1-5H,(H,13,14,15). The van der Waals surface area contributed by atoms with Crippen molar-refractivity contribution in [2.45, 2.75) is 4.90 Å². The second kappa shape index (κ2) is 3.36. The van der Waals surface area contributed by atoms with Crippen molar-refractivity contribution < 1.29 is 22.6 Å². The monoisotopic (exact) mass is 238 g/mol. The van der Waals surface area contributed by atoms with Crippen molar-refractivity contribution in [2.75, 3.05) is 0 Å². The molecule has 0 saturated heterocycles. The van der Waals surface area contributed by atoms with Gasteiger partial charge in [0.25, 0.3) is 10.1 Å². The van der Waals surface area contributed by atoms with Gasteiger partial charge in [-0.25, -0.2) is 0 Å². The molecule has 1 aliphatic carbocycles. The van der Waals surface area contributed by atoms with E-state index in [2.05, 4.69) is 0 Å². The lowest BCUT2D eigenvalue weighted by atomic mass is 9.96. The Morgan fingerprint density at radius 3 is 2.38 bits per heavy atom. The zero-order chi connectivity index (χ0) is 11.9. The highest BCUT2D eigenvalue weighted by Gasteiger charge is 2.22. The molecule has 1 aliphatic rings.